The van der Waals surface area contributed by atoms with Gasteiger partial charge in [0.25, 0.3) is 5.69 Å². The van der Waals surface area contributed by atoms with E-state index in [0.29, 0.717) is 6.07 Å². The molecule has 0 fully saturated rings. The number of carbonyl (C=O) groups is 2. The lowest BCUT2D eigenvalue weighted by Gasteiger charge is -2.12. The van der Waals surface area contributed by atoms with Gasteiger partial charge in [-0.25, -0.2) is 0 Å². The molecule has 1 amide bonds. The summed E-state index contributed by atoms with van der Waals surface area (Å²) in [5.41, 5.74) is -1.39. The monoisotopic (exact) mass is 460 g/mol. The maximum absolute atomic E-state index is 12.7. The highest BCUT2D eigenvalue weighted by Crippen LogP contribution is 2.37. The molecular formula is C19H16ClF3N2O6. The number of nitrogens with zero attached hydrogens (tertiary/aromatic N) is 1. The smallest absolute Gasteiger partial charge is 0.416 e. The van der Waals surface area contributed by atoms with Crippen LogP contribution in [0.15, 0.2) is 36.4 Å². The summed E-state index contributed by atoms with van der Waals surface area (Å²) < 4.78 is 48.6. The summed E-state index contributed by atoms with van der Waals surface area (Å²) in [6, 6.07) is 5.96. The third kappa shape index (κ3) is 6.85. The van der Waals surface area contributed by atoms with Crippen molar-refractivity contribution in [1.29, 1.82) is 0 Å². The number of rotatable bonds is 8. The molecule has 0 saturated heterocycles. The molecule has 0 aliphatic carbocycles. The van der Waals surface area contributed by atoms with Crippen molar-refractivity contribution in [3.05, 3.63) is 62.7 Å². The zero-order valence-corrected chi connectivity index (χ0v) is 16.7. The van der Waals surface area contributed by atoms with Crippen LogP contribution >= 0.6 is 11.6 Å². The number of alkyl halides is 3. The maximum Gasteiger partial charge on any atom is 0.416 e. The van der Waals surface area contributed by atoms with E-state index >= 15 is 0 Å². The van der Waals surface area contributed by atoms with Gasteiger partial charge in [-0.05, 0) is 30.3 Å². The van der Waals surface area contributed by atoms with Crippen molar-refractivity contribution < 1.29 is 37.2 Å². The number of hydrogen-bond donors (Lipinski definition) is 1. The number of nitrogens with one attached hydrogen (secondary N) is 1. The molecule has 12 heteroatoms. The van der Waals surface area contributed by atoms with Crippen LogP contribution in [0.4, 0.5) is 18.9 Å². The highest BCUT2D eigenvalue weighted by Gasteiger charge is 2.31. The molecule has 2 rings (SSSR count). The fraction of sp³-hybridized carbons (Fsp3) is 0.263. The number of esters is 1. The van der Waals surface area contributed by atoms with E-state index in [0.717, 1.165) is 18.2 Å². The van der Waals surface area contributed by atoms with Gasteiger partial charge in [0.15, 0.2) is 0 Å². The van der Waals surface area contributed by atoms with Crippen molar-refractivity contribution in [1.82, 2.24) is 5.32 Å². The molecule has 0 spiro atoms. The number of nitro groups is 1. The van der Waals surface area contributed by atoms with Crippen LogP contribution in [0.25, 0.3) is 0 Å². The van der Waals surface area contributed by atoms with Gasteiger partial charge in [0.1, 0.15) is 18.1 Å². The maximum atomic E-state index is 12.7. The Kier molecular flexibility index (Phi) is 7.81. The van der Waals surface area contributed by atoms with Gasteiger partial charge in [-0.1, -0.05) is 11.6 Å². The van der Waals surface area contributed by atoms with Gasteiger partial charge in [0.2, 0.25) is 5.91 Å². The average Bonchev–Trinajstić information content (AvgIpc) is 2.68. The summed E-state index contributed by atoms with van der Waals surface area (Å²) in [5.74, 6) is -1.25. The Morgan fingerprint density at radius 1 is 1.19 bits per heavy atom. The van der Waals surface area contributed by atoms with Crippen LogP contribution in [0, 0.1) is 10.1 Å². The van der Waals surface area contributed by atoms with Crippen molar-refractivity contribution in [2.45, 2.75) is 19.0 Å². The van der Waals surface area contributed by atoms with Gasteiger partial charge in [-0.15, -0.1) is 0 Å². The van der Waals surface area contributed by atoms with Gasteiger partial charge < -0.3 is 14.8 Å². The normalized spacial score (nSPS) is 11.0. The molecule has 0 radical (unpaired) electrons. The van der Waals surface area contributed by atoms with E-state index in [1.807, 2.05) is 0 Å². The lowest BCUT2D eigenvalue weighted by atomic mass is 10.1. The highest BCUT2D eigenvalue weighted by atomic mass is 35.5. The number of carbonyl (C=O) groups excluding carboxylic acids is 2. The minimum absolute atomic E-state index is 0.0143. The summed E-state index contributed by atoms with van der Waals surface area (Å²) in [7, 11) is 1.42. The molecule has 31 heavy (non-hydrogen) atoms. The van der Waals surface area contributed by atoms with Crippen LogP contribution in [0.3, 0.4) is 0 Å². The zero-order valence-electron chi connectivity index (χ0n) is 16.0. The number of nitro benzene ring substituents is 1. The minimum atomic E-state index is -4.58. The van der Waals surface area contributed by atoms with Crippen molar-refractivity contribution >= 4 is 29.2 Å². The molecule has 166 valence electrons. The molecule has 0 atom stereocenters. The summed E-state index contributed by atoms with van der Waals surface area (Å²) in [4.78, 5) is 33.6. The van der Waals surface area contributed by atoms with E-state index in [-0.39, 0.29) is 46.7 Å². The van der Waals surface area contributed by atoms with Crippen LogP contribution < -0.4 is 10.1 Å². The minimum Gasteiger partial charge on any atom is -0.465 e. The molecule has 0 unspecified atom stereocenters. The predicted molar refractivity (Wildman–Crippen MR) is 103 cm³/mol. The van der Waals surface area contributed by atoms with Crippen molar-refractivity contribution in [2.75, 3.05) is 13.7 Å². The fourth-order valence-electron chi connectivity index (χ4n) is 2.42. The number of halogens is 4. The molecule has 0 aliphatic heterocycles. The molecule has 0 heterocycles. The molecule has 8 nitrogen and oxygen atoms in total. The first-order chi connectivity index (χ1) is 14.5. The topological polar surface area (TPSA) is 108 Å². The van der Waals surface area contributed by atoms with Crippen LogP contribution in [0.2, 0.25) is 5.02 Å². The van der Waals surface area contributed by atoms with Crippen LogP contribution in [0.5, 0.6) is 11.5 Å². The Morgan fingerprint density at radius 2 is 1.90 bits per heavy atom. The lowest BCUT2D eigenvalue weighted by Crippen LogP contribution is -2.20. The van der Waals surface area contributed by atoms with Crippen LogP contribution in [-0.2, 0) is 26.9 Å². The molecular weight excluding hydrogens is 445 g/mol. The Bertz CT molecular complexity index is 997. The SMILES string of the molecule is CNC(=O)CCOC(=O)Cc1cc(Oc2ccc(C(F)(F)F)cc2Cl)ccc1[N+](=O)[O-]. The van der Waals surface area contributed by atoms with Gasteiger partial charge in [0, 0.05) is 18.7 Å². The van der Waals surface area contributed by atoms with Crippen LogP contribution in [-0.4, -0.2) is 30.5 Å². The summed E-state index contributed by atoms with van der Waals surface area (Å²) in [5, 5.41) is 13.3. The molecule has 0 aromatic heterocycles. The number of ether oxygens (including phenoxy) is 2. The average molecular weight is 461 g/mol. The first kappa shape index (κ1) is 23.9. The second-order valence-corrected chi connectivity index (χ2v) is 6.52. The van der Waals surface area contributed by atoms with Gasteiger partial charge >= 0.3 is 12.1 Å². The standard InChI is InChI=1S/C19H16ClF3N2O6/c1-24-17(26)6-7-30-18(27)9-11-8-13(3-4-15(11)25(28)29)31-16-5-2-12(10-14(16)20)19(21,22)23/h2-5,8,10H,6-7,9H2,1H3,(H,24,26). The first-order valence-electron chi connectivity index (χ1n) is 8.69. The van der Waals surface area contributed by atoms with Gasteiger partial charge in [0.05, 0.1) is 28.4 Å². The molecule has 1 N–H and O–H groups in total. The van der Waals surface area contributed by atoms with Gasteiger partial charge in [-0.2, -0.15) is 13.2 Å². The Labute approximate surface area is 179 Å². The van der Waals surface area contributed by atoms with E-state index in [1.165, 1.54) is 19.2 Å². The molecule has 0 aliphatic rings. The summed E-state index contributed by atoms with van der Waals surface area (Å²) in [6.45, 7) is -0.205. The zero-order chi connectivity index (χ0) is 23.2. The van der Waals surface area contributed by atoms with Crippen LogP contribution in [0.1, 0.15) is 17.5 Å². The fourth-order valence-corrected chi connectivity index (χ4v) is 2.64. The molecule has 2 aromatic carbocycles. The third-order valence-corrected chi connectivity index (χ3v) is 4.24. The number of amides is 1. The van der Waals surface area contributed by atoms with E-state index in [9.17, 15) is 32.9 Å². The molecule has 0 bridgehead atoms. The molecule has 2 aromatic rings. The Hall–Kier alpha value is -3.34. The number of hydrogen-bond acceptors (Lipinski definition) is 6. The Morgan fingerprint density at radius 3 is 2.48 bits per heavy atom. The summed E-state index contributed by atoms with van der Waals surface area (Å²) >= 11 is 5.85. The first-order valence-corrected chi connectivity index (χ1v) is 9.07. The largest absolute Gasteiger partial charge is 0.465 e. The Balaban J connectivity index is 2.19. The summed E-state index contributed by atoms with van der Waals surface area (Å²) in [6.07, 6.45) is -5.14. The van der Waals surface area contributed by atoms with Crippen molar-refractivity contribution in [3.63, 3.8) is 0 Å². The van der Waals surface area contributed by atoms with Crippen molar-refractivity contribution in [2.24, 2.45) is 0 Å². The highest BCUT2D eigenvalue weighted by molar-refractivity contribution is 6.32. The second kappa shape index (κ2) is 10.1. The van der Waals surface area contributed by atoms with E-state index < -0.39 is 29.1 Å². The lowest BCUT2D eigenvalue weighted by molar-refractivity contribution is -0.385. The van der Waals surface area contributed by atoms with E-state index in [1.54, 1.807) is 0 Å². The quantitative estimate of drug-likeness (QED) is 0.358. The van der Waals surface area contributed by atoms with E-state index in [2.05, 4.69) is 5.32 Å². The third-order valence-electron chi connectivity index (χ3n) is 3.94. The van der Waals surface area contributed by atoms with Crippen molar-refractivity contribution in [3.8, 4) is 11.5 Å². The number of benzene rings is 2. The van der Waals surface area contributed by atoms with Gasteiger partial charge in [-0.3, -0.25) is 19.7 Å². The van der Waals surface area contributed by atoms with E-state index in [4.69, 9.17) is 21.1 Å². The predicted octanol–water partition coefficient (Wildman–Crippen LogP) is 4.28. The molecule has 0 saturated carbocycles. The second-order valence-electron chi connectivity index (χ2n) is 6.11.